The summed E-state index contributed by atoms with van der Waals surface area (Å²) in [6.45, 7) is 3.08. The Bertz CT molecular complexity index is 380. The maximum Gasteiger partial charge on any atom is 0.200 e. The van der Waals surface area contributed by atoms with Crippen LogP contribution in [0.25, 0.3) is 0 Å². The van der Waals surface area contributed by atoms with Crippen molar-refractivity contribution in [3.8, 4) is 17.2 Å². The third-order valence-electron chi connectivity index (χ3n) is 3.05. The second-order valence-corrected chi connectivity index (χ2v) is 5.46. The summed E-state index contributed by atoms with van der Waals surface area (Å²) in [5, 5.41) is 9.85. The molecule has 1 aromatic rings. The van der Waals surface area contributed by atoms with E-state index in [-0.39, 0.29) is 5.75 Å². The van der Waals surface area contributed by atoms with Crippen molar-refractivity contribution in [1.29, 1.82) is 0 Å². The lowest BCUT2D eigenvalue weighted by atomic mass is 10.1. The topological polar surface area (TPSA) is 41.9 Å². The highest BCUT2D eigenvalue weighted by Gasteiger charge is 2.15. The Morgan fingerprint density at radius 3 is 2.22 bits per heavy atom. The van der Waals surface area contributed by atoms with Gasteiger partial charge >= 0.3 is 0 Å². The number of benzene rings is 1. The molecule has 0 saturated carbocycles. The van der Waals surface area contributed by atoms with Crippen LogP contribution in [0.5, 0.6) is 17.2 Å². The van der Waals surface area contributed by atoms with Crippen LogP contribution in [0.2, 0.25) is 0 Å². The molecule has 1 heterocycles. The molecule has 1 aliphatic heterocycles. The van der Waals surface area contributed by atoms with Gasteiger partial charge < -0.3 is 14.6 Å². The predicted octanol–water partition coefficient (Wildman–Crippen LogP) is 1.96. The number of aromatic hydroxyl groups is 1. The summed E-state index contributed by atoms with van der Waals surface area (Å²) < 4.78 is 10.3. The zero-order valence-electron chi connectivity index (χ0n) is 10.8. The van der Waals surface area contributed by atoms with Crippen LogP contribution in [0.15, 0.2) is 12.1 Å². The van der Waals surface area contributed by atoms with Gasteiger partial charge in [0.2, 0.25) is 5.75 Å². The standard InChI is InChI=1S/C13H19NO3S/c1-16-11-7-10(8-12(17-2)13(11)15)9-14-3-5-18-6-4-14/h7-8,15H,3-6,9H2,1-2H3. The molecule has 18 heavy (non-hydrogen) atoms. The van der Waals surface area contributed by atoms with Gasteiger partial charge in [-0.1, -0.05) is 0 Å². The molecule has 0 unspecified atom stereocenters. The third-order valence-corrected chi connectivity index (χ3v) is 3.99. The summed E-state index contributed by atoms with van der Waals surface area (Å²) in [5.41, 5.74) is 1.11. The van der Waals surface area contributed by atoms with E-state index < -0.39 is 0 Å². The molecule has 0 spiro atoms. The molecule has 1 saturated heterocycles. The van der Waals surface area contributed by atoms with Crippen molar-refractivity contribution in [2.45, 2.75) is 6.54 Å². The molecule has 1 aliphatic rings. The van der Waals surface area contributed by atoms with Crippen molar-refractivity contribution in [3.63, 3.8) is 0 Å². The molecule has 0 aliphatic carbocycles. The Morgan fingerprint density at radius 2 is 1.72 bits per heavy atom. The minimum absolute atomic E-state index is 0.0675. The number of phenols is 1. The molecular formula is C13H19NO3S. The second kappa shape index (κ2) is 6.20. The predicted molar refractivity (Wildman–Crippen MR) is 73.8 cm³/mol. The first-order valence-electron chi connectivity index (χ1n) is 5.98. The number of phenolic OH excluding ortho intramolecular Hbond substituents is 1. The molecule has 0 amide bonds. The van der Waals surface area contributed by atoms with Crippen molar-refractivity contribution >= 4 is 11.8 Å². The molecule has 0 radical (unpaired) electrons. The Kier molecular flexibility index (Phi) is 4.60. The average molecular weight is 269 g/mol. The monoisotopic (exact) mass is 269 g/mol. The van der Waals surface area contributed by atoms with Crippen LogP contribution in [-0.2, 0) is 6.54 Å². The first kappa shape index (κ1) is 13.4. The molecule has 1 N–H and O–H groups in total. The van der Waals surface area contributed by atoms with E-state index in [4.69, 9.17) is 9.47 Å². The number of hydrogen-bond acceptors (Lipinski definition) is 5. The Morgan fingerprint density at radius 1 is 1.17 bits per heavy atom. The van der Waals surface area contributed by atoms with Gasteiger partial charge in [0.1, 0.15) is 0 Å². The number of nitrogens with zero attached hydrogens (tertiary/aromatic N) is 1. The van der Waals surface area contributed by atoms with Gasteiger partial charge in [-0.05, 0) is 17.7 Å². The van der Waals surface area contributed by atoms with Gasteiger partial charge in [-0.3, -0.25) is 4.90 Å². The van der Waals surface area contributed by atoms with Gasteiger partial charge in [0.25, 0.3) is 0 Å². The van der Waals surface area contributed by atoms with Gasteiger partial charge in [0, 0.05) is 31.1 Å². The highest BCUT2D eigenvalue weighted by Crippen LogP contribution is 2.37. The van der Waals surface area contributed by atoms with Crippen LogP contribution in [0, 0.1) is 0 Å². The van der Waals surface area contributed by atoms with E-state index in [1.807, 2.05) is 23.9 Å². The lowest BCUT2D eigenvalue weighted by molar-refractivity contribution is 0.291. The van der Waals surface area contributed by atoms with E-state index >= 15 is 0 Å². The van der Waals surface area contributed by atoms with Crippen LogP contribution >= 0.6 is 11.8 Å². The molecule has 0 aromatic heterocycles. The average Bonchev–Trinajstić information content (AvgIpc) is 2.41. The van der Waals surface area contributed by atoms with E-state index in [0.717, 1.165) is 25.2 Å². The highest BCUT2D eigenvalue weighted by molar-refractivity contribution is 7.99. The fraction of sp³-hybridized carbons (Fsp3) is 0.538. The number of methoxy groups -OCH3 is 2. The molecule has 1 aromatic carbocycles. The number of ether oxygens (including phenoxy) is 2. The summed E-state index contributed by atoms with van der Waals surface area (Å²) in [4.78, 5) is 2.40. The van der Waals surface area contributed by atoms with Crippen molar-refractivity contribution in [2.24, 2.45) is 0 Å². The van der Waals surface area contributed by atoms with Crippen LogP contribution < -0.4 is 9.47 Å². The van der Waals surface area contributed by atoms with Crippen molar-refractivity contribution in [2.75, 3.05) is 38.8 Å². The second-order valence-electron chi connectivity index (χ2n) is 4.24. The molecule has 0 atom stereocenters. The Balaban J connectivity index is 2.16. The minimum Gasteiger partial charge on any atom is -0.502 e. The van der Waals surface area contributed by atoms with Crippen LogP contribution in [-0.4, -0.2) is 48.8 Å². The summed E-state index contributed by atoms with van der Waals surface area (Å²) in [7, 11) is 3.10. The quantitative estimate of drug-likeness (QED) is 0.905. The maximum atomic E-state index is 9.85. The molecular weight excluding hydrogens is 250 g/mol. The zero-order chi connectivity index (χ0) is 13.0. The van der Waals surface area contributed by atoms with Crippen LogP contribution in [0.3, 0.4) is 0 Å². The fourth-order valence-corrected chi connectivity index (χ4v) is 3.04. The zero-order valence-corrected chi connectivity index (χ0v) is 11.6. The molecule has 1 fully saturated rings. The first-order valence-corrected chi connectivity index (χ1v) is 7.14. The van der Waals surface area contributed by atoms with Crippen molar-refractivity contribution in [3.05, 3.63) is 17.7 Å². The summed E-state index contributed by atoms with van der Waals surface area (Å²) in [6.07, 6.45) is 0. The van der Waals surface area contributed by atoms with Crippen molar-refractivity contribution < 1.29 is 14.6 Å². The summed E-state index contributed by atoms with van der Waals surface area (Å²) in [5.74, 6) is 3.38. The normalized spacial score (nSPS) is 16.6. The van der Waals surface area contributed by atoms with Gasteiger partial charge in [-0.2, -0.15) is 11.8 Å². The van der Waals surface area contributed by atoms with E-state index in [1.54, 1.807) is 14.2 Å². The maximum absolute atomic E-state index is 9.85. The minimum atomic E-state index is 0.0675. The van der Waals surface area contributed by atoms with Gasteiger partial charge in [-0.25, -0.2) is 0 Å². The summed E-state index contributed by atoms with van der Waals surface area (Å²) in [6, 6.07) is 3.75. The van der Waals surface area contributed by atoms with Gasteiger partial charge in [0.15, 0.2) is 11.5 Å². The molecule has 0 bridgehead atoms. The highest BCUT2D eigenvalue weighted by atomic mass is 32.2. The van der Waals surface area contributed by atoms with Gasteiger partial charge in [-0.15, -0.1) is 0 Å². The Hall–Kier alpha value is -1.07. The number of rotatable bonds is 4. The number of hydrogen-bond donors (Lipinski definition) is 1. The molecule has 4 nitrogen and oxygen atoms in total. The molecule has 2 rings (SSSR count). The fourth-order valence-electron chi connectivity index (χ4n) is 2.06. The van der Waals surface area contributed by atoms with Crippen LogP contribution in [0.4, 0.5) is 0 Å². The third kappa shape index (κ3) is 3.03. The SMILES string of the molecule is COc1cc(CN2CCSCC2)cc(OC)c1O. The largest absolute Gasteiger partial charge is 0.502 e. The van der Waals surface area contributed by atoms with Crippen molar-refractivity contribution in [1.82, 2.24) is 4.90 Å². The van der Waals surface area contributed by atoms with Crippen LogP contribution in [0.1, 0.15) is 5.56 Å². The van der Waals surface area contributed by atoms with E-state index in [9.17, 15) is 5.11 Å². The lowest BCUT2D eigenvalue weighted by Crippen LogP contribution is -2.31. The summed E-state index contributed by atoms with van der Waals surface area (Å²) >= 11 is 2.00. The van der Waals surface area contributed by atoms with Gasteiger partial charge in [0.05, 0.1) is 14.2 Å². The van der Waals surface area contributed by atoms with E-state index in [1.165, 1.54) is 11.5 Å². The Labute approximate surface area is 112 Å². The van der Waals surface area contributed by atoms with E-state index in [0.29, 0.717) is 11.5 Å². The first-order chi connectivity index (χ1) is 8.74. The smallest absolute Gasteiger partial charge is 0.200 e. The van der Waals surface area contributed by atoms with E-state index in [2.05, 4.69) is 4.90 Å². The number of thioether (sulfide) groups is 1. The molecule has 5 heteroatoms. The lowest BCUT2D eigenvalue weighted by Gasteiger charge is -2.26. The molecule has 100 valence electrons.